The van der Waals surface area contributed by atoms with E-state index in [0.29, 0.717) is 16.9 Å². The highest BCUT2D eigenvalue weighted by Crippen LogP contribution is 2.24. The first kappa shape index (κ1) is 8.19. The number of nitrogens with zero attached hydrogens (tertiary/aromatic N) is 1. The molecule has 0 spiro atoms. The van der Waals surface area contributed by atoms with Crippen molar-refractivity contribution >= 4 is 17.0 Å². The number of benzene rings is 1. The third kappa shape index (κ3) is 1.53. The van der Waals surface area contributed by atoms with Crippen molar-refractivity contribution in [2.75, 3.05) is 5.73 Å². The molecule has 4 heteroatoms. The van der Waals surface area contributed by atoms with Crippen LogP contribution < -0.4 is 5.73 Å². The molecule has 0 saturated carbocycles. The van der Waals surface area contributed by atoms with Crippen molar-refractivity contribution < 1.29 is 4.39 Å². The van der Waals surface area contributed by atoms with Gasteiger partial charge in [-0.25, -0.2) is 9.37 Å². The van der Waals surface area contributed by atoms with E-state index in [0.717, 1.165) is 0 Å². The van der Waals surface area contributed by atoms with Gasteiger partial charge in [0.25, 0.3) is 0 Å². The Hall–Kier alpha value is -1.42. The van der Waals surface area contributed by atoms with Gasteiger partial charge in [0, 0.05) is 16.6 Å². The van der Waals surface area contributed by atoms with Crippen molar-refractivity contribution in [3.8, 4) is 11.3 Å². The Kier molecular flexibility index (Phi) is 1.98. The molecule has 0 radical (unpaired) electrons. The Labute approximate surface area is 78.9 Å². The second-order valence-corrected chi connectivity index (χ2v) is 3.33. The zero-order valence-corrected chi connectivity index (χ0v) is 7.51. The molecule has 2 N–H and O–H groups in total. The maximum Gasteiger partial charge on any atom is 0.132 e. The topological polar surface area (TPSA) is 38.9 Å². The Morgan fingerprint density at radius 1 is 1.38 bits per heavy atom. The summed E-state index contributed by atoms with van der Waals surface area (Å²) in [4.78, 5) is 4.01. The SMILES string of the molecule is Nc1ccc(F)c(-c2cscn2)c1. The third-order valence-corrected chi connectivity index (χ3v) is 2.29. The summed E-state index contributed by atoms with van der Waals surface area (Å²) in [5, 5.41) is 1.79. The maximum atomic E-state index is 13.2. The number of aromatic nitrogens is 1. The number of hydrogen-bond acceptors (Lipinski definition) is 3. The maximum absolute atomic E-state index is 13.2. The summed E-state index contributed by atoms with van der Waals surface area (Å²) in [5.74, 6) is -0.292. The lowest BCUT2D eigenvalue weighted by Crippen LogP contribution is -1.89. The van der Waals surface area contributed by atoms with Crippen LogP contribution in [0.25, 0.3) is 11.3 Å². The molecule has 0 aliphatic carbocycles. The highest BCUT2D eigenvalue weighted by molar-refractivity contribution is 7.07. The number of nitrogen functional groups attached to an aromatic ring is 1. The van der Waals surface area contributed by atoms with Gasteiger partial charge in [-0.05, 0) is 18.2 Å². The second-order valence-electron chi connectivity index (χ2n) is 2.61. The Balaban J connectivity index is 2.57. The summed E-state index contributed by atoms with van der Waals surface area (Å²) in [6.07, 6.45) is 0. The van der Waals surface area contributed by atoms with E-state index >= 15 is 0 Å². The fourth-order valence-electron chi connectivity index (χ4n) is 1.08. The van der Waals surface area contributed by atoms with Gasteiger partial charge in [0.15, 0.2) is 0 Å². The molecular formula is C9H7FN2S. The molecule has 0 bridgehead atoms. The monoisotopic (exact) mass is 194 g/mol. The van der Waals surface area contributed by atoms with E-state index in [4.69, 9.17) is 5.73 Å². The zero-order valence-electron chi connectivity index (χ0n) is 6.70. The fraction of sp³-hybridized carbons (Fsp3) is 0. The molecular weight excluding hydrogens is 187 g/mol. The van der Waals surface area contributed by atoms with Crippen molar-refractivity contribution in [1.82, 2.24) is 4.98 Å². The van der Waals surface area contributed by atoms with Gasteiger partial charge in [-0.3, -0.25) is 0 Å². The molecule has 0 aliphatic rings. The predicted octanol–water partition coefficient (Wildman–Crippen LogP) is 2.53. The van der Waals surface area contributed by atoms with Crippen LogP contribution in [0.15, 0.2) is 29.1 Å². The summed E-state index contributed by atoms with van der Waals surface area (Å²) in [7, 11) is 0. The van der Waals surface area contributed by atoms with Crippen LogP contribution in [-0.2, 0) is 0 Å². The van der Waals surface area contributed by atoms with E-state index in [1.165, 1.54) is 23.5 Å². The molecule has 1 heterocycles. The van der Waals surface area contributed by atoms with Crippen molar-refractivity contribution in [2.24, 2.45) is 0 Å². The Morgan fingerprint density at radius 2 is 2.23 bits per heavy atom. The minimum Gasteiger partial charge on any atom is -0.399 e. The molecule has 2 nitrogen and oxygen atoms in total. The molecule has 0 amide bonds. The van der Waals surface area contributed by atoms with Crippen molar-refractivity contribution in [3.63, 3.8) is 0 Å². The first-order valence-electron chi connectivity index (χ1n) is 3.71. The lowest BCUT2D eigenvalue weighted by Gasteiger charge is -2.00. The molecule has 0 atom stereocenters. The minimum absolute atomic E-state index is 0.292. The van der Waals surface area contributed by atoms with Crippen molar-refractivity contribution in [3.05, 3.63) is 34.9 Å². The van der Waals surface area contributed by atoms with Gasteiger partial charge in [0.2, 0.25) is 0 Å². The molecule has 0 aliphatic heterocycles. The Bertz CT molecular complexity index is 412. The van der Waals surface area contributed by atoms with Gasteiger partial charge in [0.1, 0.15) is 5.82 Å². The van der Waals surface area contributed by atoms with E-state index < -0.39 is 0 Å². The van der Waals surface area contributed by atoms with Crippen molar-refractivity contribution in [1.29, 1.82) is 0 Å². The summed E-state index contributed by atoms with van der Waals surface area (Å²) < 4.78 is 13.2. The number of rotatable bonds is 1. The second kappa shape index (κ2) is 3.14. The summed E-state index contributed by atoms with van der Waals surface area (Å²) >= 11 is 1.43. The average molecular weight is 194 g/mol. The number of hydrogen-bond donors (Lipinski definition) is 1. The van der Waals surface area contributed by atoms with Gasteiger partial charge >= 0.3 is 0 Å². The number of thiazole rings is 1. The molecule has 0 fully saturated rings. The van der Waals surface area contributed by atoms with E-state index in [1.54, 1.807) is 17.0 Å². The van der Waals surface area contributed by atoms with Crippen LogP contribution in [0, 0.1) is 5.82 Å². The van der Waals surface area contributed by atoms with E-state index in [1.807, 2.05) is 0 Å². The smallest absolute Gasteiger partial charge is 0.132 e. The summed E-state index contributed by atoms with van der Waals surface area (Å²) in [6.45, 7) is 0. The highest BCUT2D eigenvalue weighted by Gasteiger charge is 2.06. The number of nitrogens with two attached hydrogens (primary N) is 1. The summed E-state index contributed by atoms with van der Waals surface area (Å²) in [5.41, 5.74) is 8.85. The first-order valence-corrected chi connectivity index (χ1v) is 4.65. The minimum atomic E-state index is -0.292. The molecule has 2 rings (SSSR count). The van der Waals surface area contributed by atoms with Crippen LogP contribution in [0.4, 0.5) is 10.1 Å². The van der Waals surface area contributed by atoms with Crippen LogP contribution in [0.5, 0.6) is 0 Å². The molecule has 0 unspecified atom stereocenters. The van der Waals surface area contributed by atoms with Crippen LogP contribution >= 0.6 is 11.3 Å². The highest BCUT2D eigenvalue weighted by atomic mass is 32.1. The van der Waals surface area contributed by atoms with Crippen molar-refractivity contribution in [2.45, 2.75) is 0 Å². The van der Waals surface area contributed by atoms with E-state index in [-0.39, 0.29) is 5.82 Å². The fourth-order valence-corrected chi connectivity index (χ4v) is 1.64. The predicted molar refractivity (Wildman–Crippen MR) is 51.9 cm³/mol. The molecule has 1 aromatic heterocycles. The summed E-state index contributed by atoms with van der Waals surface area (Å²) in [6, 6.07) is 4.47. The van der Waals surface area contributed by atoms with Crippen LogP contribution in [0.2, 0.25) is 0 Å². The normalized spacial score (nSPS) is 10.2. The lowest BCUT2D eigenvalue weighted by molar-refractivity contribution is 0.631. The van der Waals surface area contributed by atoms with Gasteiger partial charge in [-0.15, -0.1) is 11.3 Å². The van der Waals surface area contributed by atoms with Gasteiger partial charge in [-0.1, -0.05) is 0 Å². The number of anilines is 1. The largest absolute Gasteiger partial charge is 0.399 e. The van der Waals surface area contributed by atoms with Crippen LogP contribution in [-0.4, -0.2) is 4.98 Å². The molecule has 0 saturated heterocycles. The van der Waals surface area contributed by atoms with Gasteiger partial charge < -0.3 is 5.73 Å². The lowest BCUT2D eigenvalue weighted by atomic mass is 10.1. The quantitative estimate of drug-likeness (QED) is 0.708. The molecule has 13 heavy (non-hydrogen) atoms. The van der Waals surface area contributed by atoms with Crippen LogP contribution in [0.1, 0.15) is 0 Å². The molecule has 2 aromatic rings. The van der Waals surface area contributed by atoms with Gasteiger partial charge in [-0.2, -0.15) is 0 Å². The van der Waals surface area contributed by atoms with Crippen LogP contribution in [0.3, 0.4) is 0 Å². The zero-order chi connectivity index (χ0) is 9.26. The van der Waals surface area contributed by atoms with E-state index in [2.05, 4.69) is 4.98 Å². The van der Waals surface area contributed by atoms with E-state index in [9.17, 15) is 4.39 Å². The van der Waals surface area contributed by atoms with Gasteiger partial charge in [0.05, 0.1) is 11.2 Å². The number of halogens is 1. The third-order valence-electron chi connectivity index (χ3n) is 1.70. The molecule has 66 valence electrons. The first-order chi connectivity index (χ1) is 6.27. The standard InChI is InChI=1S/C9H7FN2S/c10-8-2-1-6(11)3-7(8)9-4-13-5-12-9/h1-5H,11H2. The molecule has 1 aromatic carbocycles. The average Bonchev–Trinajstić information content (AvgIpc) is 2.61. The Morgan fingerprint density at radius 3 is 2.92 bits per heavy atom.